The maximum Gasteiger partial charge on any atom is 0.312 e. The molecule has 0 saturated carbocycles. The fourth-order valence-corrected chi connectivity index (χ4v) is 3.61. The molecule has 0 aliphatic rings. The number of pyridine rings is 1. The lowest BCUT2D eigenvalue weighted by Crippen LogP contribution is -2.23. The number of hydrogen-bond donors (Lipinski definition) is 1. The second kappa shape index (κ2) is 10.1. The molecule has 0 spiro atoms. The summed E-state index contributed by atoms with van der Waals surface area (Å²) in [4.78, 5) is 27.6. The highest BCUT2D eigenvalue weighted by Gasteiger charge is 2.21. The molecule has 2 heterocycles. The summed E-state index contributed by atoms with van der Waals surface area (Å²) in [5.41, 5.74) is 2.77. The van der Waals surface area contributed by atoms with E-state index < -0.39 is 10.7 Å². The number of carbonyl (C=O) groups is 1. The van der Waals surface area contributed by atoms with Crippen molar-refractivity contribution in [1.29, 1.82) is 0 Å². The summed E-state index contributed by atoms with van der Waals surface area (Å²) in [7, 11) is 0. The van der Waals surface area contributed by atoms with Gasteiger partial charge in [-0.25, -0.2) is 9.37 Å². The van der Waals surface area contributed by atoms with E-state index in [-0.39, 0.29) is 24.0 Å². The molecule has 0 fully saturated rings. The third-order valence-electron chi connectivity index (χ3n) is 5.37. The maximum atomic E-state index is 13.4. The maximum absolute atomic E-state index is 13.4. The lowest BCUT2D eigenvalue weighted by molar-refractivity contribution is -0.386. The minimum Gasteiger partial charge on any atom is -0.439 e. The highest BCUT2D eigenvalue weighted by Crippen LogP contribution is 2.24. The molecule has 1 amide bonds. The predicted molar refractivity (Wildman–Crippen MR) is 126 cm³/mol. The summed E-state index contributed by atoms with van der Waals surface area (Å²) < 4.78 is 20.7. The summed E-state index contributed by atoms with van der Waals surface area (Å²) in [6.07, 6.45) is 1.55. The standard InChI is InChI=1S/C25H22FN5O4/c1-16-23(31(33)34)17(2)30(29-16)15-18-8-10-19(11-9-18)24(32)28-14-20-5-4-12-27-25(20)35-22-7-3-6-21(26)13-22/h3-13H,14-15H2,1-2H3,(H,28,32). The Kier molecular flexibility index (Phi) is 6.81. The monoisotopic (exact) mass is 475 g/mol. The zero-order chi connectivity index (χ0) is 24.9. The zero-order valence-corrected chi connectivity index (χ0v) is 19.1. The smallest absolute Gasteiger partial charge is 0.312 e. The highest BCUT2D eigenvalue weighted by molar-refractivity contribution is 5.94. The Balaban J connectivity index is 1.40. The van der Waals surface area contributed by atoms with Gasteiger partial charge in [0.2, 0.25) is 5.88 Å². The van der Waals surface area contributed by atoms with E-state index >= 15 is 0 Å². The van der Waals surface area contributed by atoms with E-state index in [1.54, 1.807) is 67.2 Å². The summed E-state index contributed by atoms with van der Waals surface area (Å²) in [5.74, 6) is -0.140. The molecule has 4 rings (SSSR count). The fraction of sp³-hybridized carbons (Fsp3) is 0.160. The third kappa shape index (κ3) is 5.49. The molecule has 10 heteroatoms. The second-order valence-electron chi connectivity index (χ2n) is 7.84. The molecule has 178 valence electrons. The number of nitro groups is 1. The Morgan fingerprint density at radius 2 is 1.91 bits per heavy atom. The Morgan fingerprint density at radius 1 is 1.14 bits per heavy atom. The normalized spacial score (nSPS) is 10.7. The van der Waals surface area contributed by atoms with Crippen LogP contribution in [0.2, 0.25) is 0 Å². The van der Waals surface area contributed by atoms with Crippen LogP contribution in [0.25, 0.3) is 0 Å². The summed E-state index contributed by atoms with van der Waals surface area (Å²) in [6, 6.07) is 16.1. The summed E-state index contributed by atoms with van der Waals surface area (Å²) in [6.45, 7) is 3.77. The van der Waals surface area contributed by atoms with E-state index in [4.69, 9.17) is 4.74 Å². The molecule has 0 bridgehead atoms. The van der Waals surface area contributed by atoms with Gasteiger partial charge in [0.25, 0.3) is 5.91 Å². The number of ether oxygens (including phenoxy) is 1. The lowest BCUT2D eigenvalue weighted by Gasteiger charge is -2.11. The Hall–Kier alpha value is -4.60. The van der Waals surface area contributed by atoms with Gasteiger partial charge >= 0.3 is 5.69 Å². The van der Waals surface area contributed by atoms with Crippen molar-refractivity contribution >= 4 is 11.6 Å². The number of aryl methyl sites for hydroxylation is 1. The van der Waals surface area contributed by atoms with Crippen LogP contribution in [0.15, 0.2) is 66.9 Å². The van der Waals surface area contributed by atoms with Gasteiger partial charge in [0, 0.05) is 29.9 Å². The van der Waals surface area contributed by atoms with Crippen LogP contribution in [-0.2, 0) is 13.1 Å². The van der Waals surface area contributed by atoms with Crippen molar-refractivity contribution in [3.05, 3.63) is 111 Å². The molecule has 1 N–H and O–H groups in total. The second-order valence-corrected chi connectivity index (χ2v) is 7.84. The third-order valence-corrected chi connectivity index (χ3v) is 5.37. The largest absolute Gasteiger partial charge is 0.439 e. The molecule has 4 aromatic rings. The number of halogens is 1. The minimum atomic E-state index is -0.432. The Morgan fingerprint density at radius 3 is 2.60 bits per heavy atom. The first-order valence-electron chi connectivity index (χ1n) is 10.7. The van der Waals surface area contributed by atoms with Gasteiger partial charge in [-0.2, -0.15) is 5.10 Å². The van der Waals surface area contributed by atoms with Gasteiger partial charge in [-0.05, 0) is 49.7 Å². The number of rotatable bonds is 8. The van der Waals surface area contributed by atoms with E-state index in [9.17, 15) is 19.3 Å². The molecule has 0 saturated heterocycles. The molecule has 35 heavy (non-hydrogen) atoms. The van der Waals surface area contributed by atoms with Crippen molar-refractivity contribution in [2.75, 3.05) is 0 Å². The van der Waals surface area contributed by atoms with Crippen LogP contribution < -0.4 is 10.1 Å². The molecule has 0 aliphatic carbocycles. The quantitative estimate of drug-likeness (QED) is 0.292. The van der Waals surface area contributed by atoms with Crippen molar-refractivity contribution in [2.45, 2.75) is 26.9 Å². The first-order valence-corrected chi connectivity index (χ1v) is 10.7. The van der Waals surface area contributed by atoms with Crippen molar-refractivity contribution < 1.29 is 18.8 Å². The molecule has 0 aliphatic heterocycles. The van der Waals surface area contributed by atoms with Gasteiger partial charge in [0.1, 0.15) is 23.0 Å². The van der Waals surface area contributed by atoms with E-state index in [1.807, 2.05) is 0 Å². The number of amides is 1. The highest BCUT2D eigenvalue weighted by atomic mass is 19.1. The summed E-state index contributed by atoms with van der Waals surface area (Å²) in [5, 5.41) is 18.3. The minimum absolute atomic E-state index is 0.0112. The van der Waals surface area contributed by atoms with Gasteiger partial charge in [-0.15, -0.1) is 0 Å². The number of carbonyl (C=O) groups excluding carboxylic acids is 1. The molecule has 9 nitrogen and oxygen atoms in total. The molecular formula is C25H22FN5O4. The molecule has 2 aromatic heterocycles. The molecule has 0 unspecified atom stereocenters. The van der Waals surface area contributed by atoms with Crippen molar-refractivity contribution in [2.24, 2.45) is 0 Å². The van der Waals surface area contributed by atoms with E-state index in [0.717, 1.165) is 5.56 Å². The first kappa shape index (κ1) is 23.6. The number of nitrogens with zero attached hydrogens (tertiary/aromatic N) is 4. The average molecular weight is 475 g/mol. The van der Waals surface area contributed by atoms with E-state index in [2.05, 4.69) is 15.4 Å². The van der Waals surface area contributed by atoms with Crippen LogP contribution in [0, 0.1) is 29.8 Å². The fourth-order valence-electron chi connectivity index (χ4n) is 3.61. The van der Waals surface area contributed by atoms with Crippen LogP contribution in [0.4, 0.5) is 10.1 Å². The summed E-state index contributed by atoms with van der Waals surface area (Å²) >= 11 is 0. The van der Waals surface area contributed by atoms with Crippen LogP contribution >= 0.6 is 0 Å². The Labute approximate surface area is 200 Å². The lowest BCUT2D eigenvalue weighted by atomic mass is 10.1. The van der Waals surface area contributed by atoms with Crippen molar-refractivity contribution in [3.8, 4) is 11.6 Å². The predicted octanol–water partition coefficient (Wildman–Crippen LogP) is 4.71. The van der Waals surface area contributed by atoms with E-state index in [1.165, 1.54) is 18.2 Å². The average Bonchev–Trinajstić information content (AvgIpc) is 3.11. The van der Waals surface area contributed by atoms with E-state index in [0.29, 0.717) is 34.8 Å². The van der Waals surface area contributed by atoms with Crippen molar-refractivity contribution in [1.82, 2.24) is 20.1 Å². The molecule has 0 radical (unpaired) electrons. The molecule has 0 atom stereocenters. The van der Waals surface area contributed by atoms with Gasteiger partial charge in [0.15, 0.2) is 0 Å². The first-order chi connectivity index (χ1) is 16.8. The SMILES string of the molecule is Cc1nn(Cc2ccc(C(=O)NCc3cccnc3Oc3cccc(F)c3)cc2)c(C)c1[N+](=O)[O-]. The Bertz CT molecular complexity index is 1390. The van der Waals surface area contributed by atoms with Crippen LogP contribution in [0.1, 0.15) is 32.9 Å². The molecular weight excluding hydrogens is 453 g/mol. The zero-order valence-electron chi connectivity index (χ0n) is 19.1. The van der Waals surface area contributed by atoms with Crippen LogP contribution in [0.5, 0.6) is 11.6 Å². The number of nitrogens with one attached hydrogen (secondary N) is 1. The van der Waals surface area contributed by atoms with Crippen LogP contribution in [0.3, 0.4) is 0 Å². The molecule has 2 aromatic carbocycles. The number of aromatic nitrogens is 3. The van der Waals surface area contributed by atoms with Gasteiger partial charge in [-0.1, -0.05) is 24.3 Å². The topological polar surface area (TPSA) is 112 Å². The number of hydrogen-bond acceptors (Lipinski definition) is 6. The van der Waals surface area contributed by atoms with Crippen molar-refractivity contribution in [3.63, 3.8) is 0 Å². The number of benzene rings is 2. The van der Waals surface area contributed by atoms with Gasteiger partial charge in [-0.3, -0.25) is 19.6 Å². The van der Waals surface area contributed by atoms with Crippen LogP contribution in [-0.4, -0.2) is 25.6 Å². The van der Waals surface area contributed by atoms with Gasteiger partial charge in [0.05, 0.1) is 11.5 Å². The van der Waals surface area contributed by atoms with Gasteiger partial charge < -0.3 is 10.1 Å².